The van der Waals surface area contributed by atoms with Gasteiger partial charge in [-0.25, -0.2) is 0 Å². The van der Waals surface area contributed by atoms with Crippen LogP contribution in [-0.4, -0.2) is 44.1 Å². The van der Waals surface area contributed by atoms with Crippen molar-refractivity contribution in [1.29, 1.82) is 0 Å². The molecule has 0 radical (unpaired) electrons. The molecule has 0 bridgehead atoms. The van der Waals surface area contributed by atoms with Crippen LogP contribution in [0.4, 0.5) is 0 Å². The summed E-state index contributed by atoms with van der Waals surface area (Å²) in [5, 5.41) is 3.23. The standard InChI is InChI=1S/C10H24N4/c1-6-12-10(11)13-9(8(2)3)7-14(4)5/h8-9H,6-7H2,1-5H3,(H3,11,12,13). The highest BCUT2D eigenvalue weighted by Crippen LogP contribution is 2.01. The molecule has 1 unspecified atom stereocenters. The van der Waals surface area contributed by atoms with E-state index in [4.69, 9.17) is 5.73 Å². The molecule has 0 saturated heterocycles. The SMILES string of the molecule is CCN=C(N)NC(CN(C)C)C(C)C. The third-order valence-corrected chi connectivity index (χ3v) is 2.03. The maximum absolute atomic E-state index is 5.72. The van der Waals surface area contributed by atoms with Gasteiger partial charge in [0.1, 0.15) is 0 Å². The van der Waals surface area contributed by atoms with Gasteiger partial charge in [0.05, 0.1) is 0 Å². The van der Waals surface area contributed by atoms with Crippen LogP contribution in [0.5, 0.6) is 0 Å². The Morgan fingerprint density at radius 1 is 1.43 bits per heavy atom. The number of nitrogens with zero attached hydrogens (tertiary/aromatic N) is 2. The highest BCUT2D eigenvalue weighted by molar-refractivity contribution is 5.78. The Bertz CT molecular complexity index is 175. The van der Waals surface area contributed by atoms with Crippen molar-refractivity contribution in [3.8, 4) is 0 Å². The Kier molecular flexibility index (Phi) is 6.28. The van der Waals surface area contributed by atoms with Gasteiger partial charge >= 0.3 is 0 Å². The molecule has 0 aromatic carbocycles. The lowest BCUT2D eigenvalue weighted by atomic mass is 10.0. The van der Waals surface area contributed by atoms with Crippen LogP contribution in [0.1, 0.15) is 20.8 Å². The van der Waals surface area contributed by atoms with Gasteiger partial charge in [-0.1, -0.05) is 13.8 Å². The highest BCUT2D eigenvalue weighted by atomic mass is 15.2. The lowest BCUT2D eigenvalue weighted by molar-refractivity contribution is 0.312. The molecule has 0 spiro atoms. The van der Waals surface area contributed by atoms with Crippen LogP contribution in [0.15, 0.2) is 4.99 Å². The molecule has 0 saturated carbocycles. The first-order chi connectivity index (χ1) is 6.47. The van der Waals surface area contributed by atoms with Gasteiger partial charge in [-0.3, -0.25) is 4.99 Å². The molecule has 84 valence electrons. The average molecular weight is 200 g/mol. The Labute approximate surface area is 87.6 Å². The summed E-state index contributed by atoms with van der Waals surface area (Å²) in [6.45, 7) is 8.04. The Morgan fingerprint density at radius 2 is 2.00 bits per heavy atom. The van der Waals surface area contributed by atoms with Crippen molar-refractivity contribution in [2.24, 2.45) is 16.6 Å². The molecule has 0 aromatic heterocycles. The molecular formula is C10H24N4. The van der Waals surface area contributed by atoms with Gasteiger partial charge in [0.15, 0.2) is 5.96 Å². The highest BCUT2D eigenvalue weighted by Gasteiger charge is 2.14. The predicted octanol–water partition coefficient (Wildman–Crippen LogP) is 0.497. The number of guanidine groups is 1. The number of hydrogen-bond donors (Lipinski definition) is 2. The van der Waals surface area contributed by atoms with E-state index in [0.717, 1.165) is 13.1 Å². The first kappa shape index (κ1) is 13.2. The van der Waals surface area contributed by atoms with Crippen LogP contribution >= 0.6 is 0 Å². The summed E-state index contributed by atoms with van der Waals surface area (Å²) in [5.74, 6) is 1.09. The van der Waals surface area contributed by atoms with Crippen molar-refractivity contribution in [3.63, 3.8) is 0 Å². The van der Waals surface area contributed by atoms with Crippen molar-refractivity contribution in [3.05, 3.63) is 0 Å². The zero-order valence-corrected chi connectivity index (χ0v) is 10.0. The summed E-state index contributed by atoms with van der Waals surface area (Å²) in [4.78, 5) is 6.27. The van der Waals surface area contributed by atoms with Gasteiger partial charge in [-0.15, -0.1) is 0 Å². The normalized spacial score (nSPS) is 14.9. The van der Waals surface area contributed by atoms with Crippen molar-refractivity contribution in [1.82, 2.24) is 10.2 Å². The van der Waals surface area contributed by atoms with E-state index in [1.165, 1.54) is 0 Å². The number of rotatable bonds is 5. The summed E-state index contributed by atoms with van der Waals surface area (Å²) in [6.07, 6.45) is 0. The Balaban J connectivity index is 4.16. The predicted molar refractivity (Wildman–Crippen MR) is 62.5 cm³/mol. The Hall–Kier alpha value is -0.770. The molecule has 1 atom stereocenters. The first-order valence-corrected chi connectivity index (χ1v) is 5.18. The number of nitrogens with one attached hydrogen (secondary N) is 1. The molecule has 0 aliphatic heterocycles. The van der Waals surface area contributed by atoms with Crippen molar-refractivity contribution in [2.45, 2.75) is 26.8 Å². The smallest absolute Gasteiger partial charge is 0.188 e. The van der Waals surface area contributed by atoms with E-state index in [1.54, 1.807) is 0 Å². The summed E-state index contributed by atoms with van der Waals surface area (Å²) in [6, 6.07) is 0.361. The minimum Gasteiger partial charge on any atom is -0.370 e. The third kappa shape index (κ3) is 5.80. The molecule has 3 N–H and O–H groups in total. The van der Waals surface area contributed by atoms with E-state index in [9.17, 15) is 0 Å². The van der Waals surface area contributed by atoms with Gasteiger partial charge in [-0.2, -0.15) is 0 Å². The van der Waals surface area contributed by atoms with Crippen molar-refractivity contribution >= 4 is 5.96 Å². The third-order valence-electron chi connectivity index (χ3n) is 2.03. The van der Waals surface area contributed by atoms with E-state index in [1.807, 2.05) is 6.92 Å². The van der Waals surface area contributed by atoms with Gasteiger partial charge < -0.3 is 16.0 Å². The van der Waals surface area contributed by atoms with Gasteiger partial charge in [0.25, 0.3) is 0 Å². The van der Waals surface area contributed by atoms with Crippen LogP contribution < -0.4 is 11.1 Å². The van der Waals surface area contributed by atoms with Crippen LogP contribution in [-0.2, 0) is 0 Å². The maximum atomic E-state index is 5.72. The average Bonchev–Trinajstić information content (AvgIpc) is 2.02. The van der Waals surface area contributed by atoms with Crippen LogP contribution in [0.3, 0.4) is 0 Å². The molecule has 0 amide bonds. The van der Waals surface area contributed by atoms with Crippen molar-refractivity contribution in [2.75, 3.05) is 27.2 Å². The molecule has 0 aliphatic rings. The molecule has 0 aromatic rings. The zero-order valence-electron chi connectivity index (χ0n) is 10.0. The minimum absolute atomic E-state index is 0.361. The van der Waals surface area contributed by atoms with Gasteiger partial charge in [0.2, 0.25) is 0 Å². The quantitative estimate of drug-likeness (QED) is 0.502. The Morgan fingerprint density at radius 3 is 2.36 bits per heavy atom. The second-order valence-electron chi connectivity index (χ2n) is 4.12. The molecule has 0 aliphatic carbocycles. The molecule has 14 heavy (non-hydrogen) atoms. The molecule has 4 heteroatoms. The second kappa shape index (κ2) is 6.65. The van der Waals surface area contributed by atoms with Gasteiger partial charge in [-0.05, 0) is 26.9 Å². The lowest BCUT2D eigenvalue weighted by Crippen LogP contribution is -2.48. The summed E-state index contributed by atoms with van der Waals surface area (Å²) in [5.41, 5.74) is 5.72. The number of likely N-dealkylation sites (N-methyl/N-ethyl adjacent to an activating group) is 1. The summed E-state index contributed by atoms with van der Waals surface area (Å²) in [7, 11) is 4.12. The molecule has 0 rings (SSSR count). The topological polar surface area (TPSA) is 53.6 Å². The second-order valence-corrected chi connectivity index (χ2v) is 4.12. The van der Waals surface area contributed by atoms with Gasteiger partial charge in [0, 0.05) is 19.1 Å². The first-order valence-electron chi connectivity index (χ1n) is 5.18. The summed E-state index contributed by atoms with van der Waals surface area (Å²) < 4.78 is 0. The zero-order chi connectivity index (χ0) is 11.1. The molecular weight excluding hydrogens is 176 g/mol. The van der Waals surface area contributed by atoms with Crippen molar-refractivity contribution < 1.29 is 0 Å². The molecule has 0 fully saturated rings. The fraction of sp³-hybridized carbons (Fsp3) is 0.900. The van der Waals surface area contributed by atoms with E-state index in [0.29, 0.717) is 17.9 Å². The molecule has 0 heterocycles. The number of aliphatic imine (C=N–C) groups is 1. The number of hydrogen-bond acceptors (Lipinski definition) is 2. The van der Waals surface area contributed by atoms with E-state index < -0.39 is 0 Å². The summed E-state index contributed by atoms with van der Waals surface area (Å²) >= 11 is 0. The largest absolute Gasteiger partial charge is 0.370 e. The maximum Gasteiger partial charge on any atom is 0.188 e. The van der Waals surface area contributed by atoms with E-state index in [2.05, 4.69) is 43.2 Å². The number of nitrogens with two attached hydrogens (primary N) is 1. The van der Waals surface area contributed by atoms with E-state index >= 15 is 0 Å². The minimum atomic E-state index is 0.361. The fourth-order valence-electron chi connectivity index (χ4n) is 1.22. The van der Waals surface area contributed by atoms with Crippen LogP contribution in [0.25, 0.3) is 0 Å². The van der Waals surface area contributed by atoms with Crippen LogP contribution in [0, 0.1) is 5.92 Å². The lowest BCUT2D eigenvalue weighted by Gasteiger charge is -2.25. The fourth-order valence-corrected chi connectivity index (χ4v) is 1.22. The van der Waals surface area contributed by atoms with E-state index in [-0.39, 0.29) is 0 Å². The monoisotopic (exact) mass is 200 g/mol. The van der Waals surface area contributed by atoms with Crippen LogP contribution in [0.2, 0.25) is 0 Å². The molecule has 4 nitrogen and oxygen atoms in total.